The summed E-state index contributed by atoms with van der Waals surface area (Å²) >= 11 is 4.16. The molecule has 0 aliphatic carbocycles. The molecular weight excluding hydrogens is 124 g/mol. The van der Waals surface area contributed by atoms with E-state index in [2.05, 4.69) is 11.5 Å². The minimum atomic E-state index is -2.19. The molecule has 6 heavy (non-hydrogen) atoms. The van der Waals surface area contributed by atoms with Gasteiger partial charge in [0.2, 0.25) is 0 Å². The van der Waals surface area contributed by atoms with Crippen molar-refractivity contribution >= 4 is 18.0 Å². The van der Waals surface area contributed by atoms with Crippen molar-refractivity contribution in [3.05, 3.63) is 0 Å². The summed E-state index contributed by atoms with van der Waals surface area (Å²) in [4.78, 5) is 0. The molecule has 0 saturated heterocycles. The van der Waals surface area contributed by atoms with Gasteiger partial charge in [-0.1, -0.05) is 0 Å². The molecule has 0 aromatic carbocycles. The second-order valence-corrected chi connectivity index (χ2v) is 0.631. The number of hydrogen-bond donors (Lipinski definition) is 0. The Bertz CT molecular complexity index is 16.3. The fourth-order valence-electron chi connectivity index (χ4n) is 0. The van der Waals surface area contributed by atoms with Crippen molar-refractivity contribution in [2.24, 2.45) is 0 Å². The average Bonchev–Trinajstić information content (AvgIpc) is 0.811. The van der Waals surface area contributed by atoms with Crippen molar-refractivity contribution in [2.75, 3.05) is 0 Å². The number of halogens is 1. The van der Waals surface area contributed by atoms with Crippen LogP contribution in [-0.2, 0) is 0 Å². The molecule has 24 valence electrons. The van der Waals surface area contributed by atoms with Gasteiger partial charge in [-0.3, -0.25) is 0 Å². The topological polar surface area (TPSA) is 46.1 Å². The quantitative estimate of drug-likeness (QED) is 0.301. The number of rotatable bonds is 0. The molecule has 0 N–H and O–H groups in total. The molecular formula is BClNa2O2. The van der Waals surface area contributed by atoms with Crippen LogP contribution in [0, 0.1) is 0 Å². The van der Waals surface area contributed by atoms with Gasteiger partial charge in [-0.15, -0.1) is 0 Å². The molecule has 0 aromatic rings. The van der Waals surface area contributed by atoms with E-state index in [1.807, 2.05) is 0 Å². The Labute approximate surface area is 85.9 Å². The summed E-state index contributed by atoms with van der Waals surface area (Å²) in [5, 5.41) is 17.5. The van der Waals surface area contributed by atoms with E-state index in [0.717, 1.165) is 0 Å². The smallest absolute Gasteiger partial charge is 0.881 e. The molecule has 0 rings (SSSR count). The Morgan fingerprint density at radius 3 is 1.17 bits per heavy atom. The first-order valence-electron chi connectivity index (χ1n) is 0.690. The van der Waals surface area contributed by atoms with Gasteiger partial charge in [-0.25, -0.2) is 11.5 Å². The third-order valence-electron chi connectivity index (χ3n) is 0. The molecule has 0 fully saturated rings. The van der Waals surface area contributed by atoms with Gasteiger partial charge in [-0.05, 0) is 0 Å². The Hall–Kier alpha value is 2.27. The SMILES string of the molecule is [Na+].[Na+].[O-]B([O-])Cl. The van der Waals surface area contributed by atoms with Gasteiger partial charge >= 0.3 is 59.1 Å². The van der Waals surface area contributed by atoms with Crippen molar-refractivity contribution in [1.82, 2.24) is 0 Å². The van der Waals surface area contributed by atoms with E-state index in [0.29, 0.717) is 0 Å². The van der Waals surface area contributed by atoms with Crippen molar-refractivity contribution in [3.63, 3.8) is 0 Å². The summed E-state index contributed by atoms with van der Waals surface area (Å²) in [5.74, 6) is 0. The van der Waals surface area contributed by atoms with Crippen molar-refractivity contribution in [1.29, 1.82) is 0 Å². The van der Waals surface area contributed by atoms with Crippen molar-refractivity contribution in [2.45, 2.75) is 0 Å². The molecule has 6 heteroatoms. The molecule has 0 aliphatic heterocycles. The van der Waals surface area contributed by atoms with E-state index in [1.54, 1.807) is 0 Å². The zero-order valence-corrected chi connectivity index (χ0v) is 8.53. The van der Waals surface area contributed by atoms with Crippen LogP contribution in [0.25, 0.3) is 0 Å². The Balaban J connectivity index is -0.0000000450. The van der Waals surface area contributed by atoms with Crippen molar-refractivity contribution < 1.29 is 69.2 Å². The minimum absolute atomic E-state index is 0. The van der Waals surface area contributed by atoms with Crippen molar-refractivity contribution in [3.8, 4) is 0 Å². The molecule has 0 saturated carbocycles. The van der Waals surface area contributed by atoms with Crippen LogP contribution >= 0.6 is 11.5 Å². The predicted octanol–water partition coefficient (Wildman–Crippen LogP) is -8.06. The van der Waals surface area contributed by atoms with E-state index in [-0.39, 0.29) is 59.1 Å². The van der Waals surface area contributed by atoms with Gasteiger partial charge in [0.1, 0.15) is 0 Å². The van der Waals surface area contributed by atoms with Crippen LogP contribution in [-0.4, -0.2) is 6.53 Å². The van der Waals surface area contributed by atoms with E-state index in [1.165, 1.54) is 0 Å². The minimum Gasteiger partial charge on any atom is -0.881 e. The summed E-state index contributed by atoms with van der Waals surface area (Å²) in [5.41, 5.74) is 0. The van der Waals surface area contributed by atoms with E-state index in [4.69, 9.17) is 10.0 Å². The van der Waals surface area contributed by atoms with Crippen LogP contribution in [0.4, 0.5) is 0 Å². The van der Waals surface area contributed by atoms with Crippen LogP contribution in [0.1, 0.15) is 0 Å². The first-order valence-corrected chi connectivity index (χ1v) is 1.13. The summed E-state index contributed by atoms with van der Waals surface area (Å²) in [6.45, 7) is -2.19. The van der Waals surface area contributed by atoms with E-state index in [9.17, 15) is 0 Å². The normalized spacial score (nSPS) is 4.50. The Morgan fingerprint density at radius 1 is 1.17 bits per heavy atom. The maximum absolute atomic E-state index is 8.74. The predicted molar refractivity (Wildman–Crippen MR) is 11.6 cm³/mol. The maximum atomic E-state index is 8.74. The zero-order chi connectivity index (χ0) is 3.58. The number of hydrogen-bond acceptors (Lipinski definition) is 2. The third-order valence-corrected chi connectivity index (χ3v) is 0. The van der Waals surface area contributed by atoms with Gasteiger partial charge < -0.3 is 10.0 Å². The van der Waals surface area contributed by atoms with Gasteiger partial charge in [0.15, 0.2) is 0 Å². The molecule has 0 aromatic heterocycles. The molecule has 0 bridgehead atoms. The van der Waals surface area contributed by atoms with Gasteiger partial charge in [0.25, 0.3) is 0 Å². The molecule has 0 radical (unpaired) electrons. The van der Waals surface area contributed by atoms with Crippen LogP contribution in [0.5, 0.6) is 0 Å². The molecule has 0 amide bonds. The molecule has 0 spiro atoms. The Kier molecular flexibility index (Phi) is 27.0. The largest absolute Gasteiger partial charge is 1.00 e. The van der Waals surface area contributed by atoms with Crippen LogP contribution in [0.15, 0.2) is 0 Å². The fourth-order valence-corrected chi connectivity index (χ4v) is 0. The van der Waals surface area contributed by atoms with Gasteiger partial charge in [0, 0.05) is 6.53 Å². The molecule has 0 unspecified atom stereocenters. The fraction of sp³-hybridized carbons (Fsp3) is 0. The average molecular weight is 124 g/mol. The van der Waals surface area contributed by atoms with Gasteiger partial charge in [-0.2, -0.15) is 0 Å². The maximum Gasteiger partial charge on any atom is 1.00 e. The summed E-state index contributed by atoms with van der Waals surface area (Å²) in [6, 6.07) is 0. The second kappa shape index (κ2) is 10.3. The first-order chi connectivity index (χ1) is 1.73. The third kappa shape index (κ3) is 33.7. The molecule has 2 nitrogen and oxygen atoms in total. The van der Waals surface area contributed by atoms with E-state index < -0.39 is 6.53 Å². The van der Waals surface area contributed by atoms with Crippen LogP contribution in [0.3, 0.4) is 0 Å². The summed E-state index contributed by atoms with van der Waals surface area (Å²) in [7, 11) is 0. The van der Waals surface area contributed by atoms with Crippen LogP contribution in [0.2, 0.25) is 0 Å². The molecule has 0 atom stereocenters. The van der Waals surface area contributed by atoms with Crippen LogP contribution < -0.4 is 69.2 Å². The summed E-state index contributed by atoms with van der Waals surface area (Å²) in [6.07, 6.45) is 0. The summed E-state index contributed by atoms with van der Waals surface area (Å²) < 4.78 is 0. The molecule has 0 aliphatic rings. The standard InChI is InChI=1S/BClO2.2Na/c2-1(3)4;;/q-2;2*+1. The molecule has 0 heterocycles. The van der Waals surface area contributed by atoms with E-state index >= 15 is 0 Å². The first kappa shape index (κ1) is 15.7. The monoisotopic (exact) mass is 124 g/mol. The Morgan fingerprint density at radius 2 is 1.17 bits per heavy atom. The van der Waals surface area contributed by atoms with Gasteiger partial charge in [0.05, 0.1) is 0 Å². The zero-order valence-electron chi connectivity index (χ0n) is 3.77. The second-order valence-electron chi connectivity index (χ2n) is 0.274.